The lowest BCUT2D eigenvalue weighted by molar-refractivity contribution is 0.0707. The minimum Gasteiger partial charge on any atom is -0.487 e. The number of carbonyl (C=O) groups is 1. The van der Waals surface area contributed by atoms with Gasteiger partial charge in [0.15, 0.2) is 0 Å². The molecule has 1 aliphatic heterocycles. The Morgan fingerprint density at radius 1 is 1.11 bits per heavy atom. The molecule has 1 unspecified atom stereocenters. The van der Waals surface area contributed by atoms with Gasteiger partial charge in [-0.2, -0.15) is 0 Å². The van der Waals surface area contributed by atoms with E-state index in [4.69, 9.17) is 4.74 Å². The molecule has 0 spiro atoms. The second kappa shape index (κ2) is 7.96. The number of nitrogens with zero attached hydrogens (tertiary/aromatic N) is 2. The van der Waals surface area contributed by atoms with Crippen molar-refractivity contribution >= 4 is 11.6 Å². The van der Waals surface area contributed by atoms with Crippen molar-refractivity contribution in [2.45, 2.75) is 12.8 Å². The largest absolute Gasteiger partial charge is 0.487 e. The fourth-order valence-corrected chi connectivity index (χ4v) is 3.30. The third-order valence-electron chi connectivity index (χ3n) is 4.63. The highest BCUT2D eigenvalue weighted by atomic mass is 16.5. The molecule has 5 nitrogen and oxygen atoms in total. The van der Waals surface area contributed by atoms with E-state index in [2.05, 4.69) is 16.9 Å². The molecule has 3 aromatic rings. The van der Waals surface area contributed by atoms with E-state index in [-0.39, 0.29) is 12.1 Å². The SMILES string of the molecule is C=CCN1C(=O)c2ccccc2NC1c1cccc(OCc2ccccn2)c1. The fourth-order valence-electron chi connectivity index (χ4n) is 3.30. The van der Waals surface area contributed by atoms with Crippen molar-refractivity contribution in [1.29, 1.82) is 0 Å². The number of fused-ring (bicyclic) bond motifs is 1. The summed E-state index contributed by atoms with van der Waals surface area (Å²) in [5.74, 6) is 0.717. The lowest BCUT2D eigenvalue weighted by Gasteiger charge is -2.37. The number of nitrogens with one attached hydrogen (secondary N) is 1. The number of rotatable bonds is 6. The maximum atomic E-state index is 13.0. The number of hydrogen-bond acceptors (Lipinski definition) is 4. The van der Waals surface area contributed by atoms with Crippen LogP contribution in [0.1, 0.15) is 27.8 Å². The van der Waals surface area contributed by atoms with E-state index >= 15 is 0 Å². The maximum Gasteiger partial charge on any atom is 0.258 e. The molecule has 1 N–H and O–H groups in total. The van der Waals surface area contributed by atoms with Gasteiger partial charge < -0.3 is 15.0 Å². The van der Waals surface area contributed by atoms with Gasteiger partial charge in [-0.15, -0.1) is 6.58 Å². The zero-order chi connectivity index (χ0) is 19.3. The van der Waals surface area contributed by atoms with Gasteiger partial charge >= 0.3 is 0 Å². The summed E-state index contributed by atoms with van der Waals surface area (Å²) < 4.78 is 5.90. The van der Waals surface area contributed by atoms with Crippen LogP contribution in [0.15, 0.2) is 85.6 Å². The molecule has 0 saturated heterocycles. The van der Waals surface area contributed by atoms with E-state index < -0.39 is 0 Å². The third-order valence-corrected chi connectivity index (χ3v) is 4.63. The molecular formula is C23H21N3O2. The Kier molecular flexibility index (Phi) is 5.06. The van der Waals surface area contributed by atoms with Crippen molar-refractivity contribution in [2.24, 2.45) is 0 Å². The van der Waals surface area contributed by atoms with Crippen molar-refractivity contribution in [3.8, 4) is 5.75 Å². The molecule has 28 heavy (non-hydrogen) atoms. The first-order chi connectivity index (χ1) is 13.8. The number of ether oxygens (including phenoxy) is 1. The normalized spacial score (nSPS) is 15.5. The first kappa shape index (κ1) is 17.8. The van der Waals surface area contributed by atoms with Crippen LogP contribution in [0.3, 0.4) is 0 Å². The average Bonchev–Trinajstić information content (AvgIpc) is 2.75. The Morgan fingerprint density at radius 2 is 1.96 bits per heavy atom. The molecule has 0 fully saturated rings. The highest BCUT2D eigenvalue weighted by Gasteiger charge is 2.32. The van der Waals surface area contributed by atoms with E-state index in [1.54, 1.807) is 17.2 Å². The van der Waals surface area contributed by atoms with E-state index in [0.29, 0.717) is 18.7 Å². The molecule has 140 valence electrons. The molecule has 2 aromatic carbocycles. The first-order valence-electron chi connectivity index (χ1n) is 9.16. The highest BCUT2D eigenvalue weighted by Crippen LogP contribution is 2.34. The summed E-state index contributed by atoms with van der Waals surface area (Å²) in [6, 6.07) is 21.1. The topological polar surface area (TPSA) is 54.5 Å². The summed E-state index contributed by atoms with van der Waals surface area (Å²) in [5, 5.41) is 3.47. The maximum absolute atomic E-state index is 13.0. The van der Waals surface area contributed by atoms with Crippen LogP contribution >= 0.6 is 0 Å². The fraction of sp³-hybridized carbons (Fsp3) is 0.130. The Morgan fingerprint density at radius 3 is 2.79 bits per heavy atom. The van der Waals surface area contributed by atoms with Crippen molar-refractivity contribution in [2.75, 3.05) is 11.9 Å². The predicted molar refractivity (Wildman–Crippen MR) is 109 cm³/mol. The summed E-state index contributed by atoms with van der Waals surface area (Å²) in [5.41, 5.74) is 3.31. The third kappa shape index (κ3) is 3.60. The molecule has 0 bridgehead atoms. The van der Waals surface area contributed by atoms with Gasteiger partial charge in [0.25, 0.3) is 5.91 Å². The smallest absolute Gasteiger partial charge is 0.258 e. The van der Waals surface area contributed by atoms with Crippen molar-refractivity contribution in [3.05, 3.63) is 102 Å². The van der Waals surface area contributed by atoms with Gasteiger partial charge in [0.2, 0.25) is 0 Å². The summed E-state index contributed by atoms with van der Waals surface area (Å²) in [4.78, 5) is 19.0. The molecule has 1 amide bonds. The molecule has 0 aliphatic carbocycles. The molecule has 2 heterocycles. The molecule has 0 saturated carbocycles. The molecule has 4 rings (SSSR count). The summed E-state index contributed by atoms with van der Waals surface area (Å²) in [7, 11) is 0. The van der Waals surface area contributed by atoms with E-state index in [9.17, 15) is 4.79 Å². The average molecular weight is 371 g/mol. The van der Waals surface area contributed by atoms with Crippen LogP contribution in [0.2, 0.25) is 0 Å². The molecule has 1 aliphatic rings. The number of anilines is 1. The van der Waals surface area contributed by atoms with Crippen LogP contribution in [0.4, 0.5) is 5.69 Å². The quantitative estimate of drug-likeness (QED) is 0.652. The summed E-state index contributed by atoms with van der Waals surface area (Å²) in [6.07, 6.45) is 3.19. The summed E-state index contributed by atoms with van der Waals surface area (Å²) in [6.45, 7) is 4.64. The van der Waals surface area contributed by atoms with E-state index in [1.165, 1.54) is 0 Å². The molecule has 0 radical (unpaired) electrons. The molecular weight excluding hydrogens is 350 g/mol. The number of aromatic nitrogens is 1. The first-order valence-corrected chi connectivity index (χ1v) is 9.16. The van der Waals surface area contributed by atoms with Gasteiger partial charge in [-0.3, -0.25) is 9.78 Å². The number of amides is 1. The van der Waals surface area contributed by atoms with Gasteiger partial charge in [0.05, 0.1) is 11.3 Å². The van der Waals surface area contributed by atoms with Crippen molar-refractivity contribution in [1.82, 2.24) is 9.88 Å². The molecule has 1 aromatic heterocycles. The number of hydrogen-bond donors (Lipinski definition) is 1. The van der Waals surface area contributed by atoms with E-state index in [1.807, 2.05) is 66.7 Å². The van der Waals surface area contributed by atoms with Crippen molar-refractivity contribution in [3.63, 3.8) is 0 Å². The molecule has 5 heteroatoms. The van der Waals surface area contributed by atoms with Gasteiger partial charge in [0, 0.05) is 18.4 Å². The standard InChI is InChI=1S/C23H21N3O2/c1-2-14-26-22(25-21-12-4-3-11-20(21)23(26)27)17-8-7-10-19(15-17)28-16-18-9-5-6-13-24-18/h2-13,15,22,25H,1,14,16H2. The number of pyridine rings is 1. The Labute approximate surface area is 164 Å². The van der Waals surface area contributed by atoms with Crippen LogP contribution in [-0.2, 0) is 6.61 Å². The number of benzene rings is 2. The van der Waals surface area contributed by atoms with Gasteiger partial charge in [-0.05, 0) is 42.0 Å². The number of carbonyl (C=O) groups excluding carboxylic acids is 1. The minimum atomic E-state index is -0.293. The van der Waals surface area contributed by atoms with Gasteiger partial charge in [-0.25, -0.2) is 0 Å². The Hall–Kier alpha value is -3.60. The lowest BCUT2D eigenvalue weighted by atomic mass is 10.0. The van der Waals surface area contributed by atoms with Crippen LogP contribution in [-0.4, -0.2) is 22.3 Å². The molecule has 1 atom stereocenters. The summed E-state index contributed by atoms with van der Waals surface area (Å²) >= 11 is 0. The van der Waals surface area contributed by atoms with Crippen LogP contribution in [0.25, 0.3) is 0 Å². The highest BCUT2D eigenvalue weighted by molar-refractivity contribution is 6.01. The zero-order valence-electron chi connectivity index (χ0n) is 15.4. The van der Waals surface area contributed by atoms with E-state index in [0.717, 1.165) is 22.7 Å². The van der Waals surface area contributed by atoms with Crippen LogP contribution in [0, 0.1) is 0 Å². The number of para-hydroxylation sites is 1. The van der Waals surface area contributed by atoms with Crippen molar-refractivity contribution < 1.29 is 9.53 Å². The zero-order valence-corrected chi connectivity index (χ0v) is 15.4. The van der Waals surface area contributed by atoms with Crippen LogP contribution in [0.5, 0.6) is 5.75 Å². The Balaban J connectivity index is 1.60. The Bertz CT molecular complexity index is 988. The van der Waals surface area contributed by atoms with Gasteiger partial charge in [0.1, 0.15) is 18.5 Å². The second-order valence-electron chi connectivity index (χ2n) is 6.52. The minimum absolute atomic E-state index is 0.0148. The van der Waals surface area contributed by atoms with Crippen LogP contribution < -0.4 is 10.1 Å². The monoisotopic (exact) mass is 371 g/mol. The lowest BCUT2D eigenvalue weighted by Crippen LogP contribution is -2.42. The predicted octanol–water partition coefficient (Wildman–Crippen LogP) is 4.41. The second-order valence-corrected chi connectivity index (χ2v) is 6.52. The van der Waals surface area contributed by atoms with Gasteiger partial charge in [-0.1, -0.05) is 36.4 Å².